The molecule has 0 bridgehead atoms. The van der Waals surface area contributed by atoms with Gasteiger partial charge < -0.3 is 15.5 Å². The van der Waals surface area contributed by atoms with Crippen LogP contribution >= 0.6 is 47.3 Å². The Morgan fingerprint density at radius 2 is 1.79 bits per heavy atom. The molecule has 0 fully saturated rings. The first-order chi connectivity index (χ1) is 13.5. The molecule has 0 aliphatic carbocycles. The zero-order valence-corrected chi connectivity index (χ0v) is 20.8. The third-order valence-corrected chi connectivity index (χ3v) is 5.25. The Balaban J connectivity index is 0.00000420. The largest absolute Gasteiger partial charge is 0.356 e. The van der Waals surface area contributed by atoms with Crippen molar-refractivity contribution in [3.8, 4) is 0 Å². The second kappa shape index (κ2) is 13.7. The maximum Gasteiger partial charge on any atom is 0.253 e. The number of aliphatic imine (C=N–C) groups is 1. The lowest BCUT2D eigenvalue weighted by molar-refractivity contribution is 0.0827. The SMILES string of the molecule is CN=C(NCCSc1ccc(Cl)cc1)NCCc1cccc(C(=O)N(C)C)c1.I. The molecule has 2 rings (SSSR count). The number of hydrogen-bond acceptors (Lipinski definition) is 3. The summed E-state index contributed by atoms with van der Waals surface area (Å²) in [5.74, 6) is 1.72. The Hall–Kier alpha value is -1.45. The normalized spacial score (nSPS) is 10.8. The zero-order chi connectivity index (χ0) is 20.4. The van der Waals surface area contributed by atoms with Crippen LogP contribution in [0, 0.1) is 0 Å². The fourth-order valence-electron chi connectivity index (χ4n) is 2.53. The number of amides is 1. The third kappa shape index (κ3) is 9.27. The lowest BCUT2D eigenvalue weighted by atomic mass is 10.1. The molecule has 0 atom stereocenters. The van der Waals surface area contributed by atoms with Crippen molar-refractivity contribution >= 4 is 59.2 Å². The first kappa shape index (κ1) is 25.6. The molecule has 0 spiro atoms. The molecule has 0 aromatic heterocycles. The average molecular weight is 547 g/mol. The van der Waals surface area contributed by atoms with Crippen LogP contribution in [0.4, 0.5) is 0 Å². The second-order valence-corrected chi connectivity index (χ2v) is 7.98. The summed E-state index contributed by atoms with van der Waals surface area (Å²) in [4.78, 5) is 19.1. The quantitative estimate of drug-likeness (QED) is 0.172. The average Bonchev–Trinajstić information content (AvgIpc) is 2.70. The van der Waals surface area contributed by atoms with E-state index < -0.39 is 0 Å². The van der Waals surface area contributed by atoms with Crippen LogP contribution in [-0.2, 0) is 6.42 Å². The molecule has 0 aliphatic rings. The molecular formula is C21H28ClIN4OS. The summed E-state index contributed by atoms with van der Waals surface area (Å²) in [6, 6.07) is 15.6. The van der Waals surface area contributed by atoms with E-state index >= 15 is 0 Å². The van der Waals surface area contributed by atoms with Crippen LogP contribution in [0.1, 0.15) is 15.9 Å². The second-order valence-electron chi connectivity index (χ2n) is 6.38. The lowest BCUT2D eigenvalue weighted by Crippen LogP contribution is -2.39. The minimum atomic E-state index is 0. The van der Waals surface area contributed by atoms with Gasteiger partial charge in [0.1, 0.15) is 0 Å². The predicted molar refractivity (Wildman–Crippen MR) is 135 cm³/mol. The summed E-state index contributed by atoms with van der Waals surface area (Å²) in [6.45, 7) is 1.55. The van der Waals surface area contributed by atoms with Gasteiger partial charge in [0.2, 0.25) is 0 Å². The Bertz CT molecular complexity index is 800. The summed E-state index contributed by atoms with van der Waals surface area (Å²) in [5.41, 5.74) is 1.83. The Morgan fingerprint density at radius 3 is 2.45 bits per heavy atom. The van der Waals surface area contributed by atoms with E-state index in [0.29, 0.717) is 5.56 Å². The fourth-order valence-corrected chi connectivity index (χ4v) is 3.43. The van der Waals surface area contributed by atoms with Gasteiger partial charge in [0, 0.05) is 55.5 Å². The summed E-state index contributed by atoms with van der Waals surface area (Å²) in [6.07, 6.45) is 0.814. The molecule has 0 saturated heterocycles. The van der Waals surface area contributed by atoms with E-state index in [2.05, 4.69) is 15.6 Å². The summed E-state index contributed by atoms with van der Waals surface area (Å²) < 4.78 is 0. The van der Waals surface area contributed by atoms with E-state index in [4.69, 9.17) is 11.6 Å². The molecule has 0 saturated carbocycles. The summed E-state index contributed by atoms with van der Waals surface area (Å²) in [7, 11) is 5.28. The molecular weight excluding hydrogens is 519 g/mol. The number of nitrogens with zero attached hydrogens (tertiary/aromatic N) is 2. The van der Waals surface area contributed by atoms with E-state index in [1.807, 2.05) is 48.5 Å². The lowest BCUT2D eigenvalue weighted by Gasteiger charge is -2.13. The van der Waals surface area contributed by atoms with Gasteiger partial charge in [-0.15, -0.1) is 35.7 Å². The highest BCUT2D eigenvalue weighted by molar-refractivity contribution is 14.0. The highest BCUT2D eigenvalue weighted by atomic mass is 127. The number of carbonyl (C=O) groups is 1. The molecule has 1 amide bonds. The highest BCUT2D eigenvalue weighted by Crippen LogP contribution is 2.19. The standard InChI is InChI=1S/C21H27ClN4OS.HI/c1-23-21(25-13-14-28-19-9-7-18(22)8-10-19)24-12-11-16-5-4-6-17(15-16)20(27)26(2)3;/h4-10,15H,11-14H2,1-3H3,(H2,23,24,25);1H. The molecule has 0 radical (unpaired) electrons. The van der Waals surface area contributed by atoms with E-state index in [1.165, 1.54) is 4.90 Å². The van der Waals surface area contributed by atoms with Crippen LogP contribution in [0.3, 0.4) is 0 Å². The van der Waals surface area contributed by atoms with Crippen molar-refractivity contribution in [2.75, 3.05) is 40.0 Å². The Morgan fingerprint density at radius 1 is 1.10 bits per heavy atom. The van der Waals surface area contributed by atoms with Crippen LogP contribution < -0.4 is 10.6 Å². The van der Waals surface area contributed by atoms with E-state index in [0.717, 1.165) is 41.8 Å². The number of halogens is 2. The molecule has 0 unspecified atom stereocenters. The monoisotopic (exact) mass is 546 g/mol. The molecule has 2 N–H and O–H groups in total. The van der Waals surface area contributed by atoms with Crippen molar-refractivity contribution in [2.24, 2.45) is 4.99 Å². The molecule has 158 valence electrons. The number of benzene rings is 2. The van der Waals surface area contributed by atoms with Crippen molar-refractivity contribution in [3.63, 3.8) is 0 Å². The smallest absolute Gasteiger partial charge is 0.253 e. The Kier molecular flexibility index (Phi) is 12.1. The summed E-state index contributed by atoms with van der Waals surface area (Å²) in [5, 5.41) is 7.38. The number of thioether (sulfide) groups is 1. The van der Waals surface area contributed by atoms with Crippen molar-refractivity contribution in [2.45, 2.75) is 11.3 Å². The number of carbonyl (C=O) groups excluding carboxylic acids is 1. The predicted octanol–water partition coefficient (Wildman–Crippen LogP) is 4.16. The van der Waals surface area contributed by atoms with Crippen molar-refractivity contribution in [1.82, 2.24) is 15.5 Å². The third-order valence-electron chi connectivity index (χ3n) is 3.99. The highest BCUT2D eigenvalue weighted by Gasteiger charge is 2.08. The molecule has 29 heavy (non-hydrogen) atoms. The zero-order valence-electron chi connectivity index (χ0n) is 16.9. The van der Waals surface area contributed by atoms with Gasteiger partial charge in [-0.1, -0.05) is 23.7 Å². The van der Waals surface area contributed by atoms with Gasteiger partial charge in [0.05, 0.1) is 0 Å². The first-order valence-corrected chi connectivity index (χ1v) is 10.5. The number of rotatable bonds is 8. The van der Waals surface area contributed by atoms with Crippen molar-refractivity contribution in [3.05, 3.63) is 64.7 Å². The Labute approximate surface area is 199 Å². The van der Waals surface area contributed by atoms with Gasteiger partial charge in [-0.3, -0.25) is 9.79 Å². The van der Waals surface area contributed by atoms with Crippen LogP contribution in [-0.4, -0.2) is 56.8 Å². The first-order valence-electron chi connectivity index (χ1n) is 9.13. The van der Waals surface area contributed by atoms with Gasteiger partial charge in [0.15, 0.2) is 5.96 Å². The molecule has 0 aliphatic heterocycles. The maximum atomic E-state index is 12.1. The number of hydrogen-bond donors (Lipinski definition) is 2. The van der Waals surface area contributed by atoms with E-state index in [9.17, 15) is 4.79 Å². The molecule has 2 aromatic rings. The fraction of sp³-hybridized carbons (Fsp3) is 0.333. The van der Waals surface area contributed by atoms with Gasteiger partial charge in [-0.2, -0.15) is 0 Å². The molecule has 0 heterocycles. The number of nitrogens with one attached hydrogen (secondary N) is 2. The van der Waals surface area contributed by atoms with Gasteiger partial charge in [-0.05, 0) is 48.4 Å². The van der Waals surface area contributed by atoms with Gasteiger partial charge in [-0.25, -0.2) is 0 Å². The van der Waals surface area contributed by atoms with Crippen molar-refractivity contribution in [1.29, 1.82) is 0 Å². The molecule has 2 aromatic carbocycles. The molecule has 8 heteroatoms. The van der Waals surface area contributed by atoms with E-state index in [-0.39, 0.29) is 29.9 Å². The van der Waals surface area contributed by atoms with Crippen LogP contribution in [0.2, 0.25) is 5.02 Å². The van der Waals surface area contributed by atoms with Gasteiger partial charge in [0.25, 0.3) is 5.91 Å². The minimum absolute atomic E-state index is 0. The topological polar surface area (TPSA) is 56.7 Å². The van der Waals surface area contributed by atoms with Gasteiger partial charge >= 0.3 is 0 Å². The maximum absolute atomic E-state index is 12.1. The number of guanidine groups is 1. The van der Waals surface area contributed by atoms with Crippen LogP contribution in [0.25, 0.3) is 0 Å². The van der Waals surface area contributed by atoms with E-state index in [1.54, 1.807) is 37.8 Å². The van der Waals surface area contributed by atoms with Crippen LogP contribution in [0.5, 0.6) is 0 Å². The molecule has 5 nitrogen and oxygen atoms in total. The van der Waals surface area contributed by atoms with Crippen LogP contribution in [0.15, 0.2) is 58.4 Å². The van der Waals surface area contributed by atoms with Crippen molar-refractivity contribution < 1.29 is 4.79 Å². The summed E-state index contributed by atoms with van der Waals surface area (Å²) >= 11 is 7.67. The minimum Gasteiger partial charge on any atom is -0.356 e.